The van der Waals surface area contributed by atoms with Gasteiger partial charge in [-0.2, -0.15) is 0 Å². The lowest BCUT2D eigenvalue weighted by atomic mass is 9.89. The largest absolute Gasteiger partial charge is 0.465 e. The highest BCUT2D eigenvalue weighted by Gasteiger charge is 2.18. The number of unbranched alkanes of at least 4 members (excludes halogenated alkanes) is 12. The van der Waals surface area contributed by atoms with Crippen molar-refractivity contribution >= 4 is 17.9 Å². The summed E-state index contributed by atoms with van der Waals surface area (Å²) in [6, 6.07) is 0.255. The van der Waals surface area contributed by atoms with Gasteiger partial charge in [-0.1, -0.05) is 146 Å². The van der Waals surface area contributed by atoms with E-state index in [0.717, 1.165) is 89.9 Å². The maximum Gasteiger partial charge on any atom is 0.320 e. The van der Waals surface area contributed by atoms with E-state index >= 15 is 0 Å². The molecule has 0 aliphatic heterocycles. The van der Waals surface area contributed by atoms with Crippen molar-refractivity contribution in [3.63, 3.8) is 0 Å². The number of rotatable bonds is 36. The van der Waals surface area contributed by atoms with Crippen LogP contribution in [0.3, 0.4) is 0 Å². The first-order chi connectivity index (χ1) is 25.2. The number of hydrogen-bond acceptors (Lipinski definition) is 7. The third kappa shape index (κ3) is 33.4. The van der Waals surface area contributed by atoms with Gasteiger partial charge in [0.05, 0.1) is 19.8 Å². The molecule has 2 atom stereocenters. The second-order valence-corrected chi connectivity index (χ2v) is 18.0. The summed E-state index contributed by atoms with van der Waals surface area (Å²) in [5.74, 6) is 3.13. The maximum absolute atomic E-state index is 12.5. The molecule has 0 rings (SSSR count). The minimum absolute atomic E-state index is 0.00480. The summed E-state index contributed by atoms with van der Waals surface area (Å²) in [7, 11) is 0. The van der Waals surface area contributed by atoms with Crippen LogP contribution >= 0.6 is 0 Å². The maximum atomic E-state index is 12.5. The lowest BCUT2D eigenvalue weighted by molar-refractivity contribution is -0.149. The van der Waals surface area contributed by atoms with E-state index in [1.54, 1.807) is 0 Å². The van der Waals surface area contributed by atoms with Crippen molar-refractivity contribution < 1.29 is 28.6 Å². The molecule has 53 heavy (non-hydrogen) atoms. The van der Waals surface area contributed by atoms with Crippen LogP contribution in [0.25, 0.3) is 0 Å². The van der Waals surface area contributed by atoms with Crippen LogP contribution < -0.4 is 5.32 Å². The van der Waals surface area contributed by atoms with Crippen LogP contribution in [0.1, 0.15) is 210 Å². The molecule has 1 N–H and O–H groups in total. The van der Waals surface area contributed by atoms with E-state index in [9.17, 15) is 14.4 Å². The molecule has 2 unspecified atom stereocenters. The molecule has 0 saturated carbocycles. The third-order valence-corrected chi connectivity index (χ3v) is 10.8. The Balaban J connectivity index is 4.18. The van der Waals surface area contributed by atoms with E-state index in [2.05, 4.69) is 60.7 Å². The van der Waals surface area contributed by atoms with E-state index in [-0.39, 0.29) is 36.6 Å². The minimum atomic E-state index is -0.147. The van der Waals surface area contributed by atoms with Gasteiger partial charge in [0, 0.05) is 18.9 Å². The predicted octanol–water partition coefficient (Wildman–Crippen LogP) is 12.4. The summed E-state index contributed by atoms with van der Waals surface area (Å²) in [6.07, 6.45) is 23.0. The van der Waals surface area contributed by atoms with Gasteiger partial charge in [0.15, 0.2) is 0 Å². The standard InChI is InChI=1S/C46H89NO6/c1-36(2)29-31-41(38(5)6)34-51-44(48)27-23-19-15-11-13-17-21-25-43(53-46(50)33-47-40(9)10)26-22-18-14-12-16-20-24-28-45(49)52-35-42(39(7)8)32-30-37(3)4/h36-43,47H,11-35H2,1-10H3. The number of carbonyl (C=O) groups excluding carboxylic acids is 3. The number of carbonyl (C=O) groups is 3. The summed E-state index contributed by atoms with van der Waals surface area (Å²) < 4.78 is 17.2. The quantitative estimate of drug-likeness (QED) is 0.0387. The second-order valence-electron chi connectivity index (χ2n) is 18.0. The smallest absolute Gasteiger partial charge is 0.320 e. The number of hydrogen-bond donors (Lipinski definition) is 1. The molecule has 0 aromatic rings. The molecule has 0 aromatic heterocycles. The van der Waals surface area contributed by atoms with E-state index in [1.807, 2.05) is 13.8 Å². The molecule has 314 valence electrons. The van der Waals surface area contributed by atoms with Crippen LogP contribution in [0.5, 0.6) is 0 Å². The molecule has 0 radical (unpaired) electrons. The Morgan fingerprint density at radius 1 is 0.434 bits per heavy atom. The molecule has 7 heteroatoms. The summed E-state index contributed by atoms with van der Waals surface area (Å²) >= 11 is 0. The predicted molar refractivity (Wildman–Crippen MR) is 223 cm³/mol. The average molecular weight is 752 g/mol. The van der Waals surface area contributed by atoms with Crippen molar-refractivity contribution in [2.75, 3.05) is 19.8 Å². The normalized spacial score (nSPS) is 13.6. The first-order valence-corrected chi connectivity index (χ1v) is 22.4. The summed E-state index contributed by atoms with van der Waals surface area (Å²) in [4.78, 5) is 37.1. The Labute approximate surface area is 329 Å². The molecular formula is C46H89NO6. The molecule has 0 spiro atoms. The highest BCUT2D eigenvalue weighted by molar-refractivity contribution is 5.72. The Bertz CT molecular complexity index is 827. The van der Waals surface area contributed by atoms with Gasteiger partial charge < -0.3 is 19.5 Å². The molecule has 0 aromatic carbocycles. The van der Waals surface area contributed by atoms with Crippen LogP contribution in [0.2, 0.25) is 0 Å². The van der Waals surface area contributed by atoms with Crippen molar-refractivity contribution in [3.8, 4) is 0 Å². The van der Waals surface area contributed by atoms with Crippen LogP contribution in [0, 0.1) is 35.5 Å². The highest BCUT2D eigenvalue weighted by atomic mass is 16.5. The lowest BCUT2D eigenvalue weighted by Crippen LogP contribution is -2.32. The fourth-order valence-corrected chi connectivity index (χ4v) is 6.69. The van der Waals surface area contributed by atoms with E-state index in [4.69, 9.17) is 14.2 Å². The van der Waals surface area contributed by atoms with E-state index < -0.39 is 0 Å². The van der Waals surface area contributed by atoms with Crippen molar-refractivity contribution in [2.45, 2.75) is 223 Å². The average Bonchev–Trinajstić information content (AvgIpc) is 3.08. The number of nitrogens with one attached hydrogen (secondary N) is 1. The molecule has 0 heterocycles. The number of ether oxygens (including phenoxy) is 3. The monoisotopic (exact) mass is 752 g/mol. The van der Waals surface area contributed by atoms with Gasteiger partial charge in [0.2, 0.25) is 0 Å². The first-order valence-electron chi connectivity index (χ1n) is 22.4. The van der Waals surface area contributed by atoms with Gasteiger partial charge >= 0.3 is 17.9 Å². The van der Waals surface area contributed by atoms with Gasteiger partial charge in [0.1, 0.15) is 6.10 Å². The van der Waals surface area contributed by atoms with Gasteiger partial charge in [0.25, 0.3) is 0 Å². The summed E-state index contributed by atoms with van der Waals surface area (Å²) in [5, 5.41) is 3.18. The molecule has 0 bridgehead atoms. The molecule has 0 saturated heterocycles. The van der Waals surface area contributed by atoms with E-state index in [0.29, 0.717) is 61.6 Å². The zero-order valence-corrected chi connectivity index (χ0v) is 36.7. The van der Waals surface area contributed by atoms with Crippen LogP contribution in [-0.4, -0.2) is 49.8 Å². The Morgan fingerprint density at radius 3 is 1.13 bits per heavy atom. The van der Waals surface area contributed by atoms with Crippen molar-refractivity contribution in [3.05, 3.63) is 0 Å². The Morgan fingerprint density at radius 2 is 0.792 bits per heavy atom. The second kappa shape index (κ2) is 33.7. The number of esters is 3. The topological polar surface area (TPSA) is 90.9 Å². The molecule has 0 aliphatic carbocycles. The summed E-state index contributed by atoms with van der Waals surface area (Å²) in [5.41, 5.74) is 0. The van der Waals surface area contributed by atoms with Crippen LogP contribution in [-0.2, 0) is 28.6 Å². The molecular weight excluding hydrogens is 663 g/mol. The van der Waals surface area contributed by atoms with Crippen LogP contribution in [0.15, 0.2) is 0 Å². The lowest BCUT2D eigenvalue weighted by Gasteiger charge is -2.21. The fraction of sp³-hybridized carbons (Fsp3) is 0.935. The van der Waals surface area contributed by atoms with Gasteiger partial charge in [-0.15, -0.1) is 0 Å². The van der Waals surface area contributed by atoms with E-state index in [1.165, 1.54) is 38.5 Å². The SMILES string of the molecule is CC(C)CCC(COC(=O)CCCCCCCCCC(CCCCCCCCCC(=O)OCC(CCC(C)C)C(C)C)OC(=O)CNC(C)C)C(C)C. The van der Waals surface area contributed by atoms with Gasteiger partial charge in [-0.05, 0) is 86.9 Å². The molecule has 0 aliphatic rings. The first kappa shape index (κ1) is 51.4. The molecule has 0 fully saturated rings. The summed E-state index contributed by atoms with van der Waals surface area (Å²) in [6.45, 7) is 23.4. The Kier molecular flexibility index (Phi) is 32.7. The van der Waals surface area contributed by atoms with Crippen LogP contribution in [0.4, 0.5) is 0 Å². The zero-order chi connectivity index (χ0) is 39.9. The fourth-order valence-electron chi connectivity index (χ4n) is 6.69. The molecule has 0 amide bonds. The minimum Gasteiger partial charge on any atom is -0.465 e. The Hall–Kier alpha value is -1.63. The highest BCUT2D eigenvalue weighted by Crippen LogP contribution is 2.23. The third-order valence-electron chi connectivity index (χ3n) is 10.8. The molecule has 7 nitrogen and oxygen atoms in total. The van der Waals surface area contributed by atoms with Gasteiger partial charge in [-0.25, -0.2) is 0 Å². The van der Waals surface area contributed by atoms with Crippen molar-refractivity contribution in [2.24, 2.45) is 35.5 Å². The zero-order valence-electron chi connectivity index (χ0n) is 36.7. The van der Waals surface area contributed by atoms with Crippen molar-refractivity contribution in [1.82, 2.24) is 5.32 Å². The van der Waals surface area contributed by atoms with Crippen molar-refractivity contribution in [1.29, 1.82) is 0 Å². The van der Waals surface area contributed by atoms with Gasteiger partial charge in [-0.3, -0.25) is 14.4 Å².